The number of alkyl halides is 1. The Balaban J connectivity index is 1.89. The minimum atomic E-state index is 0.387. The standard InChI is InChI=1S/C9H16ClNO/c1-7-6-8(10)9(7)11-2-4-12-5-3-11/h7-9H,2-6H2,1H3. The normalized spacial score (nSPS) is 44.0. The van der Waals surface area contributed by atoms with E-state index in [1.165, 1.54) is 6.42 Å². The topological polar surface area (TPSA) is 12.5 Å². The van der Waals surface area contributed by atoms with Crippen LogP contribution in [-0.2, 0) is 4.74 Å². The second-order valence-corrected chi connectivity index (χ2v) is 4.43. The van der Waals surface area contributed by atoms with Crippen molar-refractivity contribution in [2.75, 3.05) is 26.3 Å². The molecule has 12 heavy (non-hydrogen) atoms. The lowest BCUT2D eigenvalue weighted by molar-refractivity contribution is -0.0190. The molecule has 0 spiro atoms. The molecule has 3 atom stereocenters. The van der Waals surface area contributed by atoms with Crippen LogP contribution in [0.4, 0.5) is 0 Å². The van der Waals surface area contributed by atoms with Crippen LogP contribution in [-0.4, -0.2) is 42.6 Å². The lowest BCUT2D eigenvalue weighted by Gasteiger charge is -2.47. The molecule has 1 saturated carbocycles. The Morgan fingerprint density at radius 2 is 2.00 bits per heavy atom. The van der Waals surface area contributed by atoms with Crippen LogP contribution in [0.15, 0.2) is 0 Å². The summed E-state index contributed by atoms with van der Waals surface area (Å²) in [7, 11) is 0. The van der Waals surface area contributed by atoms with Crippen molar-refractivity contribution in [2.24, 2.45) is 5.92 Å². The third-order valence-electron chi connectivity index (χ3n) is 3.02. The first-order valence-electron chi connectivity index (χ1n) is 4.75. The van der Waals surface area contributed by atoms with E-state index >= 15 is 0 Å². The first-order chi connectivity index (χ1) is 5.79. The van der Waals surface area contributed by atoms with Gasteiger partial charge in [0.1, 0.15) is 0 Å². The van der Waals surface area contributed by atoms with Crippen molar-refractivity contribution in [3.63, 3.8) is 0 Å². The molecular weight excluding hydrogens is 174 g/mol. The molecule has 1 aliphatic carbocycles. The Morgan fingerprint density at radius 3 is 2.50 bits per heavy atom. The van der Waals surface area contributed by atoms with Gasteiger partial charge in [-0.25, -0.2) is 0 Å². The van der Waals surface area contributed by atoms with Gasteiger partial charge in [0, 0.05) is 24.5 Å². The summed E-state index contributed by atoms with van der Waals surface area (Å²) in [6.07, 6.45) is 1.18. The minimum absolute atomic E-state index is 0.387. The van der Waals surface area contributed by atoms with Gasteiger partial charge in [0.2, 0.25) is 0 Å². The zero-order valence-corrected chi connectivity index (χ0v) is 8.26. The number of morpholine rings is 1. The largest absolute Gasteiger partial charge is 0.379 e. The Labute approximate surface area is 78.8 Å². The fraction of sp³-hybridized carbons (Fsp3) is 1.00. The summed E-state index contributed by atoms with van der Waals surface area (Å²) in [5, 5.41) is 0.387. The first kappa shape index (κ1) is 8.79. The van der Waals surface area contributed by atoms with Gasteiger partial charge in [0.05, 0.1) is 13.2 Å². The molecule has 0 aromatic heterocycles. The van der Waals surface area contributed by atoms with E-state index in [4.69, 9.17) is 16.3 Å². The molecule has 1 saturated heterocycles. The molecule has 2 rings (SSSR count). The number of ether oxygens (including phenoxy) is 1. The average Bonchev–Trinajstić information content (AvgIpc) is 2.05. The highest BCUT2D eigenvalue weighted by molar-refractivity contribution is 6.21. The van der Waals surface area contributed by atoms with Crippen molar-refractivity contribution in [1.29, 1.82) is 0 Å². The highest BCUT2D eigenvalue weighted by atomic mass is 35.5. The van der Waals surface area contributed by atoms with Crippen molar-refractivity contribution < 1.29 is 4.74 Å². The maximum absolute atomic E-state index is 6.16. The summed E-state index contributed by atoms with van der Waals surface area (Å²) in [6.45, 7) is 6.19. The number of hydrogen-bond donors (Lipinski definition) is 0. The molecule has 0 N–H and O–H groups in total. The summed E-state index contributed by atoms with van der Waals surface area (Å²) in [5.74, 6) is 0.783. The van der Waals surface area contributed by atoms with Gasteiger partial charge in [-0.1, -0.05) is 6.92 Å². The molecular formula is C9H16ClNO. The van der Waals surface area contributed by atoms with Gasteiger partial charge in [0.25, 0.3) is 0 Å². The second-order valence-electron chi connectivity index (χ2n) is 3.87. The molecule has 1 aliphatic heterocycles. The van der Waals surface area contributed by atoms with Crippen LogP contribution in [0.25, 0.3) is 0 Å². The Morgan fingerprint density at radius 1 is 1.33 bits per heavy atom. The van der Waals surface area contributed by atoms with Crippen LogP contribution in [0.2, 0.25) is 0 Å². The van der Waals surface area contributed by atoms with Crippen LogP contribution >= 0.6 is 11.6 Å². The maximum Gasteiger partial charge on any atom is 0.0594 e. The third-order valence-corrected chi connectivity index (χ3v) is 3.45. The van der Waals surface area contributed by atoms with Gasteiger partial charge < -0.3 is 4.74 Å². The Bertz CT molecular complexity index is 151. The number of hydrogen-bond acceptors (Lipinski definition) is 2. The molecule has 1 heterocycles. The molecule has 2 aliphatic rings. The van der Waals surface area contributed by atoms with E-state index < -0.39 is 0 Å². The van der Waals surface area contributed by atoms with Crippen LogP contribution < -0.4 is 0 Å². The number of halogens is 1. The van der Waals surface area contributed by atoms with E-state index in [0.717, 1.165) is 32.2 Å². The lowest BCUT2D eigenvalue weighted by atomic mass is 9.79. The minimum Gasteiger partial charge on any atom is -0.379 e. The molecule has 2 fully saturated rings. The Hall–Kier alpha value is 0.210. The van der Waals surface area contributed by atoms with Gasteiger partial charge in [-0.05, 0) is 12.3 Å². The molecule has 3 heteroatoms. The van der Waals surface area contributed by atoms with Crippen molar-refractivity contribution in [2.45, 2.75) is 24.8 Å². The highest BCUT2D eigenvalue weighted by Gasteiger charge is 2.40. The van der Waals surface area contributed by atoms with E-state index in [1.807, 2.05) is 0 Å². The summed E-state index contributed by atoms with van der Waals surface area (Å²) < 4.78 is 5.30. The number of rotatable bonds is 1. The highest BCUT2D eigenvalue weighted by Crippen LogP contribution is 2.36. The molecule has 0 amide bonds. The van der Waals surface area contributed by atoms with E-state index in [1.54, 1.807) is 0 Å². The van der Waals surface area contributed by atoms with E-state index in [9.17, 15) is 0 Å². The predicted octanol–water partition coefficient (Wildman–Crippen LogP) is 1.33. The van der Waals surface area contributed by atoms with Gasteiger partial charge in [-0.3, -0.25) is 4.90 Å². The van der Waals surface area contributed by atoms with Gasteiger partial charge in [0.15, 0.2) is 0 Å². The van der Waals surface area contributed by atoms with Gasteiger partial charge >= 0.3 is 0 Å². The lowest BCUT2D eigenvalue weighted by Crippen LogP contribution is -2.57. The monoisotopic (exact) mass is 189 g/mol. The average molecular weight is 190 g/mol. The molecule has 0 aromatic rings. The fourth-order valence-electron chi connectivity index (χ4n) is 2.26. The summed E-state index contributed by atoms with van der Waals surface area (Å²) in [6, 6.07) is 0.621. The SMILES string of the molecule is CC1CC(Cl)C1N1CCOCC1. The molecule has 3 unspecified atom stereocenters. The van der Waals surface area contributed by atoms with Crippen LogP contribution in [0.1, 0.15) is 13.3 Å². The molecule has 0 radical (unpaired) electrons. The second kappa shape index (κ2) is 3.52. The molecule has 0 bridgehead atoms. The number of nitrogens with zero attached hydrogens (tertiary/aromatic N) is 1. The molecule has 70 valence electrons. The summed E-state index contributed by atoms with van der Waals surface area (Å²) in [4.78, 5) is 2.48. The maximum atomic E-state index is 6.16. The summed E-state index contributed by atoms with van der Waals surface area (Å²) >= 11 is 6.16. The van der Waals surface area contributed by atoms with Crippen molar-refractivity contribution >= 4 is 11.6 Å². The van der Waals surface area contributed by atoms with E-state index in [2.05, 4.69) is 11.8 Å². The molecule has 0 aromatic carbocycles. The van der Waals surface area contributed by atoms with Crippen LogP contribution in [0, 0.1) is 5.92 Å². The van der Waals surface area contributed by atoms with Gasteiger partial charge in [-0.2, -0.15) is 0 Å². The third kappa shape index (κ3) is 1.48. The van der Waals surface area contributed by atoms with E-state index in [0.29, 0.717) is 11.4 Å². The van der Waals surface area contributed by atoms with Gasteiger partial charge in [-0.15, -0.1) is 11.6 Å². The zero-order chi connectivity index (χ0) is 8.55. The quantitative estimate of drug-likeness (QED) is 0.578. The molecule has 2 nitrogen and oxygen atoms in total. The summed E-state index contributed by atoms with van der Waals surface area (Å²) in [5.41, 5.74) is 0. The van der Waals surface area contributed by atoms with Crippen molar-refractivity contribution in [3.8, 4) is 0 Å². The van der Waals surface area contributed by atoms with Crippen molar-refractivity contribution in [3.05, 3.63) is 0 Å². The fourth-order valence-corrected chi connectivity index (χ4v) is 2.95. The van der Waals surface area contributed by atoms with Crippen LogP contribution in [0.5, 0.6) is 0 Å². The smallest absolute Gasteiger partial charge is 0.0594 e. The zero-order valence-electron chi connectivity index (χ0n) is 7.50. The first-order valence-corrected chi connectivity index (χ1v) is 5.18. The Kier molecular flexibility index (Phi) is 2.58. The van der Waals surface area contributed by atoms with Crippen molar-refractivity contribution in [1.82, 2.24) is 4.90 Å². The van der Waals surface area contributed by atoms with E-state index in [-0.39, 0.29) is 0 Å². The van der Waals surface area contributed by atoms with Crippen LogP contribution in [0.3, 0.4) is 0 Å². The predicted molar refractivity (Wildman–Crippen MR) is 49.6 cm³/mol.